The standard InChI is InChI=1S/C18H18BrN5O4/c19-14-10-21-24-16(23(18(25)26)11-12-3-6-27-7-4-12)8-15(22-17(14)24)28-13-2-1-5-20-9-13/h1-2,5,8-10,12H,3-4,6-7,11H2,(H,25,26). The molecule has 146 valence electrons. The van der Waals surface area contributed by atoms with Gasteiger partial charge in [-0.3, -0.25) is 9.88 Å². The molecule has 1 aliphatic heterocycles. The molecule has 4 rings (SSSR count). The van der Waals surface area contributed by atoms with Crippen molar-refractivity contribution in [2.45, 2.75) is 12.8 Å². The zero-order chi connectivity index (χ0) is 19.5. The SMILES string of the molecule is O=C(O)N(CC1CCOCC1)c1cc(Oc2cccnc2)nc2c(Br)cnn12. The number of carbonyl (C=O) groups is 1. The number of hydrogen-bond donors (Lipinski definition) is 1. The Labute approximate surface area is 169 Å². The summed E-state index contributed by atoms with van der Waals surface area (Å²) in [5.41, 5.74) is 0.467. The number of aromatic nitrogens is 4. The van der Waals surface area contributed by atoms with Crippen LogP contribution in [0.5, 0.6) is 11.6 Å². The molecule has 0 aromatic carbocycles. The van der Waals surface area contributed by atoms with Crippen LogP contribution in [0.15, 0.2) is 41.3 Å². The first-order chi connectivity index (χ1) is 13.6. The van der Waals surface area contributed by atoms with Crippen LogP contribution in [0.4, 0.5) is 10.6 Å². The van der Waals surface area contributed by atoms with Crippen molar-refractivity contribution in [3.05, 3.63) is 41.3 Å². The van der Waals surface area contributed by atoms with E-state index in [0.717, 1.165) is 12.8 Å². The summed E-state index contributed by atoms with van der Waals surface area (Å²) in [6.45, 7) is 1.64. The second-order valence-corrected chi connectivity index (χ2v) is 7.27. The summed E-state index contributed by atoms with van der Waals surface area (Å²) in [6, 6.07) is 5.08. The third kappa shape index (κ3) is 3.92. The van der Waals surface area contributed by atoms with E-state index in [1.54, 1.807) is 36.8 Å². The molecule has 0 saturated carbocycles. The van der Waals surface area contributed by atoms with Gasteiger partial charge in [-0.05, 0) is 46.8 Å². The monoisotopic (exact) mass is 447 g/mol. The van der Waals surface area contributed by atoms with Crippen LogP contribution in [0.1, 0.15) is 12.8 Å². The Morgan fingerprint density at radius 2 is 2.21 bits per heavy atom. The van der Waals surface area contributed by atoms with Crippen molar-refractivity contribution < 1.29 is 19.4 Å². The van der Waals surface area contributed by atoms with E-state index in [2.05, 4.69) is 31.0 Å². The lowest BCUT2D eigenvalue weighted by Crippen LogP contribution is -2.37. The molecule has 1 fully saturated rings. The molecule has 3 aromatic rings. The van der Waals surface area contributed by atoms with Crippen LogP contribution in [0.3, 0.4) is 0 Å². The van der Waals surface area contributed by atoms with E-state index in [9.17, 15) is 9.90 Å². The van der Waals surface area contributed by atoms with Crippen molar-refractivity contribution in [2.75, 3.05) is 24.7 Å². The molecule has 0 radical (unpaired) electrons. The van der Waals surface area contributed by atoms with Crippen molar-refractivity contribution in [1.29, 1.82) is 0 Å². The van der Waals surface area contributed by atoms with Gasteiger partial charge >= 0.3 is 6.09 Å². The Balaban J connectivity index is 1.73. The molecule has 1 amide bonds. The minimum Gasteiger partial charge on any atom is -0.465 e. The number of nitrogens with zero attached hydrogens (tertiary/aromatic N) is 5. The molecule has 9 nitrogen and oxygen atoms in total. The number of rotatable bonds is 5. The fourth-order valence-corrected chi connectivity index (χ4v) is 3.48. The van der Waals surface area contributed by atoms with Crippen LogP contribution < -0.4 is 9.64 Å². The number of fused-ring (bicyclic) bond motifs is 1. The highest BCUT2D eigenvalue weighted by Gasteiger charge is 2.26. The lowest BCUT2D eigenvalue weighted by Gasteiger charge is -2.28. The molecule has 1 aliphatic rings. The smallest absolute Gasteiger partial charge is 0.413 e. The Kier molecular flexibility index (Phi) is 5.40. The van der Waals surface area contributed by atoms with E-state index >= 15 is 0 Å². The number of amides is 1. The van der Waals surface area contributed by atoms with E-state index < -0.39 is 6.09 Å². The summed E-state index contributed by atoms with van der Waals surface area (Å²) in [5, 5.41) is 14.1. The zero-order valence-corrected chi connectivity index (χ0v) is 16.4. The fraction of sp³-hybridized carbons (Fsp3) is 0.333. The van der Waals surface area contributed by atoms with Gasteiger partial charge in [0, 0.05) is 32.0 Å². The van der Waals surface area contributed by atoms with Gasteiger partial charge in [0.15, 0.2) is 5.65 Å². The maximum Gasteiger partial charge on any atom is 0.413 e. The number of ether oxygens (including phenoxy) is 2. The van der Waals surface area contributed by atoms with E-state index in [-0.39, 0.29) is 11.8 Å². The highest BCUT2D eigenvalue weighted by molar-refractivity contribution is 9.10. The molecular formula is C18H18BrN5O4. The Morgan fingerprint density at radius 3 is 2.93 bits per heavy atom. The number of halogens is 1. The van der Waals surface area contributed by atoms with Gasteiger partial charge in [0.25, 0.3) is 0 Å². The van der Waals surface area contributed by atoms with Crippen LogP contribution in [-0.2, 0) is 4.74 Å². The summed E-state index contributed by atoms with van der Waals surface area (Å²) < 4.78 is 13.3. The largest absolute Gasteiger partial charge is 0.465 e. The fourth-order valence-electron chi connectivity index (χ4n) is 3.13. The van der Waals surface area contributed by atoms with Gasteiger partial charge < -0.3 is 14.6 Å². The minimum absolute atomic E-state index is 0.217. The summed E-state index contributed by atoms with van der Waals surface area (Å²) in [6.07, 6.45) is 5.36. The van der Waals surface area contributed by atoms with Crippen molar-refractivity contribution >= 4 is 33.5 Å². The number of hydrogen-bond acceptors (Lipinski definition) is 6. The first kappa shape index (κ1) is 18.6. The zero-order valence-electron chi connectivity index (χ0n) is 14.9. The molecule has 0 bridgehead atoms. The van der Waals surface area contributed by atoms with E-state index in [1.807, 2.05) is 0 Å². The van der Waals surface area contributed by atoms with Gasteiger partial charge in [0.1, 0.15) is 11.6 Å². The maximum absolute atomic E-state index is 12.1. The molecule has 0 spiro atoms. The molecule has 1 N–H and O–H groups in total. The lowest BCUT2D eigenvalue weighted by molar-refractivity contribution is 0.0680. The van der Waals surface area contributed by atoms with E-state index in [4.69, 9.17) is 9.47 Å². The average molecular weight is 448 g/mol. The normalized spacial score (nSPS) is 14.9. The van der Waals surface area contributed by atoms with Crippen LogP contribution in [0.2, 0.25) is 0 Å². The molecular weight excluding hydrogens is 430 g/mol. The summed E-state index contributed by atoms with van der Waals surface area (Å²) in [5.74, 6) is 1.35. The molecule has 28 heavy (non-hydrogen) atoms. The predicted molar refractivity (Wildman–Crippen MR) is 104 cm³/mol. The Hall–Kier alpha value is -2.72. The van der Waals surface area contributed by atoms with Gasteiger partial charge in [-0.1, -0.05) is 0 Å². The van der Waals surface area contributed by atoms with Gasteiger partial charge in [0.05, 0.1) is 16.9 Å². The maximum atomic E-state index is 12.1. The van der Waals surface area contributed by atoms with Crippen molar-refractivity contribution in [2.24, 2.45) is 5.92 Å². The number of pyridine rings is 1. The molecule has 4 heterocycles. The quantitative estimate of drug-likeness (QED) is 0.637. The molecule has 10 heteroatoms. The van der Waals surface area contributed by atoms with Crippen molar-refractivity contribution in [3.8, 4) is 11.6 Å². The van der Waals surface area contributed by atoms with Crippen molar-refractivity contribution in [1.82, 2.24) is 19.6 Å². The summed E-state index contributed by atoms with van der Waals surface area (Å²) in [4.78, 5) is 21.8. The number of carboxylic acid groups (broad SMARTS) is 1. The third-order valence-electron chi connectivity index (χ3n) is 4.53. The molecule has 1 saturated heterocycles. The first-order valence-corrected chi connectivity index (χ1v) is 9.61. The van der Waals surface area contributed by atoms with Crippen LogP contribution in [0, 0.1) is 5.92 Å². The molecule has 0 aliphatic carbocycles. The first-order valence-electron chi connectivity index (χ1n) is 8.82. The lowest BCUT2D eigenvalue weighted by atomic mass is 10.00. The minimum atomic E-state index is -1.06. The predicted octanol–water partition coefficient (Wildman–Crippen LogP) is 3.59. The third-order valence-corrected chi connectivity index (χ3v) is 5.09. The Morgan fingerprint density at radius 1 is 1.39 bits per heavy atom. The van der Waals surface area contributed by atoms with E-state index in [0.29, 0.717) is 41.4 Å². The van der Waals surface area contributed by atoms with Gasteiger partial charge in [0.2, 0.25) is 5.88 Å². The highest BCUT2D eigenvalue weighted by Crippen LogP contribution is 2.29. The second-order valence-electron chi connectivity index (χ2n) is 6.42. The molecule has 0 unspecified atom stereocenters. The molecule has 0 atom stereocenters. The average Bonchev–Trinajstić information content (AvgIpc) is 3.08. The van der Waals surface area contributed by atoms with Crippen LogP contribution >= 0.6 is 15.9 Å². The van der Waals surface area contributed by atoms with Gasteiger partial charge in [-0.2, -0.15) is 14.6 Å². The van der Waals surface area contributed by atoms with Gasteiger partial charge in [-0.25, -0.2) is 4.79 Å². The summed E-state index contributed by atoms with van der Waals surface area (Å²) in [7, 11) is 0. The topological polar surface area (TPSA) is 102 Å². The van der Waals surface area contributed by atoms with Gasteiger partial charge in [-0.15, -0.1) is 0 Å². The second kappa shape index (κ2) is 8.11. The highest BCUT2D eigenvalue weighted by atomic mass is 79.9. The van der Waals surface area contributed by atoms with Crippen LogP contribution in [0.25, 0.3) is 5.65 Å². The van der Waals surface area contributed by atoms with Crippen molar-refractivity contribution in [3.63, 3.8) is 0 Å². The Bertz CT molecular complexity index is 975. The number of anilines is 1. The van der Waals surface area contributed by atoms with Crippen LogP contribution in [-0.4, -0.2) is 50.5 Å². The summed E-state index contributed by atoms with van der Waals surface area (Å²) >= 11 is 3.41. The molecule has 3 aromatic heterocycles. The van der Waals surface area contributed by atoms with E-state index in [1.165, 1.54) is 9.42 Å².